The Kier molecular flexibility index (Phi) is 7.88. The number of amides is 3. The molecule has 1 heterocycles. The van der Waals surface area contributed by atoms with Crippen LogP contribution in [0.4, 0.5) is 0 Å². The van der Waals surface area contributed by atoms with Crippen LogP contribution in [0, 0.1) is 11.8 Å². The van der Waals surface area contributed by atoms with Crippen molar-refractivity contribution in [3.63, 3.8) is 0 Å². The van der Waals surface area contributed by atoms with Crippen molar-refractivity contribution in [1.82, 2.24) is 10.2 Å². The fourth-order valence-corrected chi connectivity index (χ4v) is 3.96. The third-order valence-corrected chi connectivity index (χ3v) is 5.78. The summed E-state index contributed by atoms with van der Waals surface area (Å²) in [7, 11) is 0. The molecular formula is C23H27N3O6. The van der Waals surface area contributed by atoms with E-state index in [1.54, 1.807) is 0 Å². The van der Waals surface area contributed by atoms with Gasteiger partial charge in [0.15, 0.2) is 0 Å². The van der Waals surface area contributed by atoms with E-state index in [2.05, 4.69) is 5.32 Å². The molecule has 9 heteroatoms. The van der Waals surface area contributed by atoms with Crippen LogP contribution in [0.25, 0.3) is 0 Å². The molecule has 1 atom stereocenters. The number of carbonyl (C=O) groups is 5. The van der Waals surface area contributed by atoms with Gasteiger partial charge in [-0.15, -0.1) is 0 Å². The Labute approximate surface area is 186 Å². The molecular weight excluding hydrogens is 414 g/mol. The van der Waals surface area contributed by atoms with Crippen LogP contribution in [0.1, 0.15) is 31.2 Å². The number of nitrogens with two attached hydrogens (primary N) is 1. The molecule has 170 valence electrons. The van der Waals surface area contributed by atoms with Crippen molar-refractivity contribution in [3.05, 3.63) is 48.0 Å². The summed E-state index contributed by atoms with van der Waals surface area (Å²) in [6.07, 6.45) is 5.36. The van der Waals surface area contributed by atoms with Gasteiger partial charge in [-0.05, 0) is 43.6 Å². The van der Waals surface area contributed by atoms with Crippen LogP contribution in [0.15, 0.2) is 42.5 Å². The SMILES string of the molecule is N[C@@H](Cc1ccccc1)C(=O)OC(=O)CNC(=O)C1CCC(CN2C(=O)C=CC2=O)CC1. The van der Waals surface area contributed by atoms with Gasteiger partial charge in [0.1, 0.15) is 12.6 Å². The number of hydrogen-bond donors (Lipinski definition) is 2. The second kappa shape index (κ2) is 10.8. The Morgan fingerprint density at radius 3 is 2.28 bits per heavy atom. The monoisotopic (exact) mass is 441 g/mol. The fraction of sp³-hybridized carbons (Fsp3) is 0.435. The average molecular weight is 441 g/mol. The Balaban J connectivity index is 1.34. The molecule has 0 spiro atoms. The van der Waals surface area contributed by atoms with Gasteiger partial charge in [0.2, 0.25) is 5.91 Å². The van der Waals surface area contributed by atoms with Gasteiger partial charge in [-0.2, -0.15) is 0 Å². The second-order valence-electron chi connectivity index (χ2n) is 8.15. The Hall–Kier alpha value is -3.33. The van der Waals surface area contributed by atoms with Crippen molar-refractivity contribution in [2.75, 3.05) is 13.1 Å². The summed E-state index contributed by atoms with van der Waals surface area (Å²) >= 11 is 0. The van der Waals surface area contributed by atoms with E-state index in [1.165, 1.54) is 17.1 Å². The van der Waals surface area contributed by atoms with E-state index < -0.39 is 24.5 Å². The number of benzene rings is 1. The van der Waals surface area contributed by atoms with Crippen molar-refractivity contribution in [3.8, 4) is 0 Å². The first-order valence-corrected chi connectivity index (χ1v) is 10.7. The van der Waals surface area contributed by atoms with Crippen molar-refractivity contribution in [2.45, 2.75) is 38.1 Å². The van der Waals surface area contributed by atoms with Gasteiger partial charge < -0.3 is 15.8 Å². The standard InChI is InChI=1S/C23H27N3O6/c24-18(12-15-4-2-1-3-5-15)23(31)32-21(29)13-25-22(30)17-8-6-16(7-9-17)14-26-19(27)10-11-20(26)28/h1-5,10-11,16-18H,6-9,12-14,24H2,(H,25,30)/t16?,17?,18-/m0/s1. The fourth-order valence-electron chi connectivity index (χ4n) is 3.96. The summed E-state index contributed by atoms with van der Waals surface area (Å²) in [5.74, 6) is -2.69. The van der Waals surface area contributed by atoms with E-state index in [-0.39, 0.29) is 36.0 Å². The summed E-state index contributed by atoms with van der Waals surface area (Å²) in [5, 5.41) is 2.51. The topological polar surface area (TPSA) is 136 Å². The molecule has 0 bridgehead atoms. The predicted octanol–water partition coefficient (Wildman–Crippen LogP) is 0.474. The molecule has 2 aliphatic rings. The third kappa shape index (κ3) is 6.34. The molecule has 1 aromatic rings. The number of nitrogens with zero attached hydrogens (tertiary/aromatic N) is 1. The molecule has 0 radical (unpaired) electrons. The number of hydrogen-bond acceptors (Lipinski definition) is 7. The zero-order valence-electron chi connectivity index (χ0n) is 17.7. The number of nitrogens with one attached hydrogen (secondary N) is 1. The van der Waals surface area contributed by atoms with E-state index in [0.717, 1.165) is 5.56 Å². The van der Waals surface area contributed by atoms with Crippen LogP contribution in [-0.4, -0.2) is 53.7 Å². The maximum absolute atomic E-state index is 12.4. The highest BCUT2D eigenvalue weighted by Gasteiger charge is 2.31. The first-order valence-electron chi connectivity index (χ1n) is 10.7. The van der Waals surface area contributed by atoms with Crippen LogP contribution in [0.3, 0.4) is 0 Å². The Bertz CT molecular complexity index is 888. The molecule has 32 heavy (non-hydrogen) atoms. The second-order valence-corrected chi connectivity index (χ2v) is 8.15. The van der Waals surface area contributed by atoms with Crippen molar-refractivity contribution in [1.29, 1.82) is 0 Å². The lowest BCUT2D eigenvalue weighted by molar-refractivity contribution is -0.160. The zero-order valence-corrected chi connectivity index (χ0v) is 17.7. The van der Waals surface area contributed by atoms with Crippen molar-refractivity contribution in [2.24, 2.45) is 17.6 Å². The third-order valence-electron chi connectivity index (χ3n) is 5.78. The highest BCUT2D eigenvalue weighted by atomic mass is 16.6. The van der Waals surface area contributed by atoms with Crippen LogP contribution < -0.4 is 11.1 Å². The van der Waals surface area contributed by atoms with Crippen LogP contribution in [-0.2, 0) is 35.1 Å². The van der Waals surface area contributed by atoms with Crippen LogP contribution in [0.5, 0.6) is 0 Å². The summed E-state index contributed by atoms with van der Waals surface area (Å²) in [6, 6.07) is 8.16. The van der Waals surface area contributed by atoms with Crippen molar-refractivity contribution < 1.29 is 28.7 Å². The number of imide groups is 1. The number of ether oxygens (including phenoxy) is 1. The lowest BCUT2D eigenvalue weighted by atomic mass is 9.81. The average Bonchev–Trinajstić information content (AvgIpc) is 3.10. The lowest BCUT2D eigenvalue weighted by Gasteiger charge is -2.29. The summed E-state index contributed by atoms with van der Waals surface area (Å²) in [6.45, 7) is -0.0539. The molecule has 1 aliphatic carbocycles. The van der Waals surface area contributed by atoms with Gasteiger partial charge in [0.25, 0.3) is 11.8 Å². The predicted molar refractivity (Wildman–Crippen MR) is 114 cm³/mol. The minimum atomic E-state index is -0.975. The molecule has 1 aromatic carbocycles. The van der Waals surface area contributed by atoms with Gasteiger partial charge in [-0.25, -0.2) is 9.59 Å². The summed E-state index contributed by atoms with van der Waals surface area (Å²) < 4.78 is 4.74. The van der Waals surface area contributed by atoms with Gasteiger partial charge in [0.05, 0.1) is 0 Å². The van der Waals surface area contributed by atoms with Gasteiger partial charge in [-0.1, -0.05) is 30.3 Å². The quantitative estimate of drug-likeness (QED) is 0.340. The minimum Gasteiger partial charge on any atom is -0.391 e. The molecule has 1 saturated carbocycles. The van der Waals surface area contributed by atoms with Gasteiger partial charge in [0, 0.05) is 24.6 Å². The molecule has 3 N–H and O–H groups in total. The van der Waals surface area contributed by atoms with E-state index in [1.807, 2.05) is 30.3 Å². The van der Waals surface area contributed by atoms with Crippen LogP contribution >= 0.6 is 0 Å². The number of esters is 2. The molecule has 3 amide bonds. The van der Waals surface area contributed by atoms with E-state index >= 15 is 0 Å². The van der Waals surface area contributed by atoms with E-state index in [0.29, 0.717) is 32.2 Å². The maximum atomic E-state index is 12.4. The largest absolute Gasteiger partial charge is 0.391 e. The summed E-state index contributed by atoms with van der Waals surface area (Å²) in [4.78, 5) is 60.8. The van der Waals surface area contributed by atoms with Gasteiger partial charge in [-0.3, -0.25) is 19.3 Å². The number of carbonyl (C=O) groups excluding carboxylic acids is 5. The Morgan fingerprint density at radius 2 is 1.66 bits per heavy atom. The summed E-state index contributed by atoms with van der Waals surface area (Å²) in [5.41, 5.74) is 6.65. The molecule has 0 aromatic heterocycles. The first-order chi connectivity index (χ1) is 15.3. The smallest absolute Gasteiger partial charge is 0.333 e. The first kappa shape index (κ1) is 23.3. The number of rotatable bonds is 8. The molecule has 3 rings (SSSR count). The Morgan fingerprint density at radius 1 is 1.03 bits per heavy atom. The van der Waals surface area contributed by atoms with Gasteiger partial charge >= 0.3 is 11.9 Å². The molecule has 1 aliphatic heterocycles. The zero-order chi connectivity index (χ0) is 23.1. The molecule has 0 unspecified atom stereocenters. The van der Waals surface area contributed by atoms with E-state index in [9.17, 15) is 24.0 Å². The van der Waals surface area contributed by atoms with E-state index in [4.69, 9.17) is 10.5 Å². The maximum Gasteiger partial charge on any atom is 0.333 e. The minimum absolute atomic E-state index is 0.153. The normalized spacial score (nSPS) is 21.3. The molecule has 9 nitrogen and oxygen atoms in total. The van der Waals surface area contributed by atoms with Crippen molar-refractivity contribution >= 4 is 29.7 Å². The molecule has 0 saturated heterocycles. The van der Waals surface area contributed by atoms with Crippen LogP contribution in [0.2, 0.25) is 0 Å². The highest BCUT2D eigenvalue weighted by molar-refractivity contribution is 6.12. The lowest BCUT2D eigenvalue weighted by Crippen LogP contribution is -2.41. The molecule has 1 fully saturated rings. The highest BCUT2D eigenvalue weighted by Crippen LogP contribution is 2.30.